The first kappa shape index (κ1) is 15.4. The van der Waals surface area contributed by atoms with Crippen LogP contribution in [-0.4, -0.2) is 22.3 Å². The smallest absolute Gasteiger partial charge is 0.246 e. The van der Waals surface area contributed by atoms with Gasteiger partial charge in [0, 0.05) is 0 Å². The van der Waals surface area contributed by atoms with Crippen molar-refractivity contribution in [3.8, 4) is 11.5 Å². The molecular weight excluding hydrogens is 349 g/mol. The lowest BCUT2D eigenvalue weighted by atomic mass is 10.1. The Bertz CT molecular complexity index is 825. The van der Waals surface area contributed by atoms with Gasteiger partial charge in [0.25, 0.3) is 0 Å². The summed E-state index contributed by atoms with van der Waals surface area (Å²) in [5.74, 6) is 0.976. The van der Waals surface area contributed by atoms with Gasteiger partial charge in [-0.15, -0.1) is 0 Å². The highest BCUT2D eigenvalue weighted by Crippen LogP contribution is 2.36. The van der Waals surface area contributed by atoms with Crippen LogP contribution in [-0.2, 0) is 11.2 Å². The van der Waals surface area contributed by atoms with Crippen LogP contribution in [0, 0.1) is 5.82 Å². The van der Waals surface area contributed by atoms with Crippen molar-refractivity contribution in [1.29, 1.82) is 0 Å². The van der Waals surface area contributed by atoms with E-state index in [1.165, 1.54) is 28.8 Å². The summed E-state index contributed by atoms with van der Waals surface area (Å²) in [6, 6.07) is 11.4. The summed E-state index contributed by atoms with van der Waals surface area (Å²) in [6.07, 6.45) is 0.540. The molecule has 2 heterocycles. The summed E-state index contributed by atoms with van der Waals surface area (Å²) >= 11 is 6.69. The average Bonchev–Trinajstić information content (AvgIpc) is 3.13. The van der Waals surface area contributed by atoms with Crippen molar-refractivity contribution in [2.45, 2.75) is 11.7 Å². The number of ether oxygens (including phenoxy) is 2. The highest BCUT2D eigenvalue weighted by Gasteiger charge is 2.38. The summed E-state index contributed by atoms with van der Waals surface area (Å²) in [6.45, 7) is 0.221. The zero-order valence-corrected chi connectivity index (χ0v) is 14.0. The highest BCUT2D eigenvalue weighted by atomic mass is 32.2. The zero-order valence-electron chi connectivity index (χ0n) is 12.4. The van der Waals surface area contributed by atoms with E-state index in [4.69, 9.17) is 21.7 Å². The molecule has 4 nitrogen and oxygen atoms in total. The van der Waals surface area contributed by atoms with Crippen LogP contribution in [0.5, 0.6) is 11.5 Å². The lowest BCUT2D eigenvalue weighted by Crippen LogP contribution is -2.31. The fraction of sp³-hybridized carbons (Fsp3) is 0.176. The number of benzene rings is 2. The Balaban J connectivity index is 1.54. The molecule has 1 atom stereocenters. The molecule has 0 unspecified atom stereocenters. The van der Waals surface area contributed by atoms with Crippen molar-refractivity contribution in [2.24, 2.45) is 0 Å². The Kier molecular flexibility index (Phi) is 3.90. The summed E-state index contributed by atoms with van der Waals surface area (Å²) in [4.78, 5) is 14.2. The van der Waals surface area contributed by atoms with Gasteiger partial charge in [-0.3, -0.25) is 9.69 Å². The number of hydrogen-bond acceptors (Lipinski definition) is 5. The topological polar surface area (TPSA) is 38.8 Å². The van der Waals surface area contributed by atoms with Crippen LogP contribution in [0.2, 0.25) is 0 Å². The minimum atomic E-state index is -0.346. The first-order valence-electron chi connectivity index (χ1n) is 7.30. The van der Waals surface area contributed by atoms with E-state index in [1.54, 1.807) is 12.1 Å². The first-order chi connectivity index (χ1) is 11.6. The van der Waals surface area contributed by atoms with Crippen molar-refractivity contribution in [3.63, 3.8) is 0 Å². The van der Waals surface area contributed by atoms with Crippen molar-refractivity contribution >= 4 is 39.9 Å². The number of carbonyl (C=O) groups excluding carboxylic acids is 1. The lowest BCUT2D eigenvalue weighted by molar-refractivity contribution is -0.116. The molecule has 1 amide bonds. The van der Waals surface area contributed by atoms with Gasteiger partial charge in [-0.05, 0) is 48.4 Å². The van der Waals surface area contributed by atoms with Gasteiger partial charge >= 0.3 is 0 Å². The van der Waals surface area contributed by atoms with E-state index in [0.717, 1.165) is 5.56 Å². The van der Waals surface area contributed by atoms with E-state index in [0.29, 0.717) is 27.9 Å². The molecule has 2 aromatic carbocycles. The molecule has 0 aliphatic carbocycles. The fourth-order valence-electron chi connectivity index (χ4n) is 2.69. The number of hydrogen-bond donors (Lipinski definition) is 0. The molecule has 1 fully saturated rings. The lowest BCUT2D eigenvalue weighted by Gasteiger charge is -2.15. The van der Waals surface area contributed by atoms with Gasteiger partial charge in [0.15, 0.2) is 11.5 Å². The number of fused-ring (bicyclic) bond motifs is 1. The highest BCUT2D eigenvalue weighted by molar-refractivity contribution is 8.25. The van der Waals surface area contributed by atoms with Gasteiger partial charge in [-0.25, -0.2) is 4.39 Å². The Labute approximate surface area is 147 Å². The SMILES string of the molecule is O=C1[C@H](Cc2ccc3c(c2)OCO3)SC(=S)N1c1ccc(F)cc1. The molecule has 122 valence electrons. The maximum Gasteiger partial charge on any atom is 0.246 e. The van der Waals surface area contributed by atoms with Gasteiger partial charge in [-0.1, -0.05) is 30.0 Å². The molecule has 0 aromatic heterocycles. The standard InChI is InChI=1S/C17H12FNO3S2/c18-11-2-4-12(5-3-11)19-16(20)15(24-17(19)23)8-10-1-6-13-14(7-10)22-9-21-13/h1-7,15H,8-9H2/t15-/m0/s1. The second-order valence-electron chi connectivity index (χ2n) is 5.41. The number of rotatable bonds is 3. The van der Waals surface area contributed by atoms with Gasteiger partial charge in [0.05, 0.1) is 10.9 Å². The molecule has 7 heteroatoms. The van der Waals surface area contributed by atoms with Crippen LogP contribution in [0.3, 0.4) is 0 Å². The van der Waals surface area contributed by atoms with Crippen LogP contribution in [0.25, 0.3) is 0 Å². The van der Waals surface area contributed by atoms with Gasteiger partial charge in [0.1, 0.15) is 10.1 Å². The predicted octanol–water partition coefficient (Wildman–Crippen LogP) is 3.53. The summed E-state index contributed by atoms with van der Waals surface area (Å²) < 4.78 is 24.2. The fourth-order valence-corrected chi connectivity index (χ4v) is 4.26. The Morgan fingerprint density at radius 3 is 2.71 bits per heavy atom. The molecule has 0 spiro atoms. The van der Waals surface area contributed by atoms with E-state index in [1.807, 2.05) is 18.2 Å². The maximum absolute atomic E-state index is 13.1. The Morgan fingerprint density at radius 1 is 1.17 bits per heavy atom. The number of carbonyl (C=O) groups is 1. The minimum Gasteiger partial charge on any atom is -0.454 e. The van der Waals surface area contributed by atoms with Crippen LogP contribution >= 0.6 is 24.0 Å². The van der Waals surface area contributed by atoms with Gasteiger partial charge in [0.2, 0.25) is 12.7 Å². The van der Waals surface area contributed by atoms with Gasteiger partial charge in [-0.2, -0.15) is 0 Å². The molecule has 0 radical (unpaired) electrons. The normalized spacial score (nSPS) is 19.2. The predicted molar refractivity (Wildman–Crippen MR) is 94.1 cm³/mol. The van der Waals surface area contributed by atoms with Gasteiger partial charge < -0.3 is 9.47 Å². The third-order valence-corrected chi connectivity index (χ3v) is 5.37. The maximum atomic E-state index is 13.1. The summed E-state index contributed by atoms with van der Waals surface area (Å²) in [7, 11) is 0. The van der Waals surface area contributed by atoms with E-state index in [2.05, 4.69) is 0 Å². The molecule has 2 aromatic rings. The average molecular weight is 361 g/mol. The Hall–Kier alpha value is -2.12. The molecule has 2 aliphatic rings. The number of halogens is 1. The van der Waals surface area contributed by atoms with E-state index >= 15 is 0 Å². The van der Waals surface area contributed by atoms with Crippen molar-refractivity contribution in [3.05, 3.63) is 53.8 Å². The second-order valence-corrected chi connectivity index (χ2v) is 7.25. The van der Waals surface area contributed by atoms with E-state index in [-0.39, 0.29) is 23.8 Å². The third-order valence-electron chi connectivity index (χ3n) is 3.86. The molecule has 4 rings (SSSR count). The molecule has 24 heavy (non-hydrogen) atoms. The molecule has 0 saturated carbocycles. The molecule has 1 saturated heterocycles. The van der Waals surface area contributed by atoms with Crippen LogP contribution in [0.1, 0.15) is 5.56 Å². The molecule has 2 aliphatic heterocycles. The van der Waals surface area contributed by atoms with E-state index < -0.39 is 0 Å². The quantitative estimate of drug-likeness (QED) is 0.782. The largest absolute Gasteiger partial charge is 0.454 e. The van der Waals surface area contributed by atoms with Crippen LogP contribution in [0.4, 0.5) is 10.1 Å². The number of nitrogens with zero attached hydrogens (tertiary/aromatic N) is 1. The number of anilines is 1. The Morgan fingerprint density at radius 2 is 1.92 bits per heavy atom. The number of amides is 1. The van der Waals surface area contributed by atoms with Crippen LogP contribution in [0.15, 0.2) is 42.5 Å². The zero-order chi connectivity index (χ0) is 16.7. The van der Waals surface area contributed by atoms with E-state index in [9.17, 15) is 9.18 Å². The minimum absolute atomic E-state index is 0.0886. The van der Waals surface area contributed by atoms with Crippen molar-refractivity contribution < 1.29 is 18.7 Å². The number of thiocarbonyl (C=S) groups is 1. The first-order valence-corrected chi connectivity index (χ1v) is 8.59. The van der Waals surface area contributed by atoms with Crippen LogP contribution < -0.4 is 14.4 Å². The summed E-state index contributed by atoms with van der Waals surface area (Å²) in [5, 5.41) is -0.303. The van der Waals surface area contributed by atoms with Crippen molar-refractivity contribution in [2.75, 3.05) is 11.7 Å². The molecule has 0 bridgehead atoms. The van der Waals surface area contributed by atoms with Crippen molar-refractivity contribution in [1.82, 2.24) is 0 Å². The monoisotopic (exact) mass is 361 g/mol. The number of thioether (sulfide) groups is 1. The molecule has 0 N–H and O–H groups in total. The molecular formula is C17H12FNO3S2. The third kappa shape index (κ3) is 2.74. The second kappa shape index (κ2) is 6.07. The summed E-state index contributed by atoms with van der Waals surface area (Å²) in [5.41, 5.74) is 1.57.